The van der Waals surface area contributed by atoms with Crippen LogP contribution in [0.15, 0.2) is 57.3 Å². The van der Waals surface area contributed by atoms with Gasteiger partial charge >= 0.3 is 0 Å². The van der Waals surface area contributed by atoms with E-state index in [-0.39, 0.29) is 47.4 Å². The molecule has 2 aromatic carbocycles. The normalized spacial score (nSPS) is 16.7. The molecule has 1 aromatic heterocycles. The van der Waals surface area contributed by atoms with Gasteiger partial charge in [0, 0.05) is 37.5 Å². The molecule has 1 saturated heterocycles. The minimum Gasteiger partial charge on any atom is -0.507 e. The summed E-state index contributed by atoms with van der Waals surface area (Å²) in [5, 5.41) is 11.3. The summed E-state index contributed by atoms with van der Waals surface area (Å²) < 4.78 is 32.9. The van der Waals surface area contributed by atoms with Gasteiger partial charge < -0.3 is 33.2 Å². The number of phenols is 1. The molecule has 1 aliphatic rings. The lowest BCUT2D eigenvalue weighted by Crippen LogP contribution is -2.06. The van der Waals surface area contributed by atoms with E-state index in [1.165, 1.54) is 18.7 Å². The van der Waals surface area contributed by atoms with Crippen molar-refractivity contribution in [3.8, 4) is 28.6 Å². The molecule has 1 N–H and O–H groups in total. The first-order valence-electron chi connectivity index (χ1n) is 12.2. The molecule has 2 heterocycles. The van der Waals surface area contributed by atoms with Gasteiger partial charge in [-0.15, -0.1) is 0 Å². The Labute approximate surface area is 216 Å². The number of aromatic hydroxyl groups is 1. The Bertz CT molecular complexity index is 1320. The van der Waals surface area contributed by atoms with Crippen LogP contribution in [0.2, 0.25) is 0 Å². The van der Waals surface area contributed by atoms with Gasteiger partial charge in [0.2, 0.25) is 0 Å². The van der Waals surface area contributed by atoms with Gasteiger partial charge in [0.25, 0.3) is 0 Å². The monoisotopic (exact) mass is 510 g/mol. The van der Waals surface area contributed by atoms with Gasteiger partial charge in [-0.2, -0.15) is 0 Å². The molecule has 0 spiro atoms. The summed E-state index contributed by atoms with van der Waals surface area (Å²) in [6, 6.07) is 10.1. The first kappa shape index (κ1) is 26.7. The molecule has 198 valence electrons. The molecule has 3 aromatic rings. The molecule has 37 heavy (non-hydrogen) atoms. The van der Waals surface area contributed by atoms with E-state index in [2.05, 4.69) is 20.8 Å². The highest BCUT2D eigenvalue weighted by atomic mass is 16.7. The Hall–Kier alpha value is -3.33. The van der Waals surface area contributed by atoms with E-state index in [0.717, 1.165) is 12.8 Å². The molecule has 0 saturated carbocycles. The van der Waals surface area contributed by atoms with E-state index in [4.69, 9.17) is 28.1 Å². The molecule has 8 heteroatoms. The van der Waals surface area contributed by atoms with Crippen LogP contribution in [0.4, 0.5) is 0 Å². The number of phenolic OH excluding ortho intramolecular Hbond substituents is 1. The Balaban J connectivity index is 1.63. The van der Waals surface area contributed by atoms with Crippen molar-refractivity contribution < 1.29 is 33.2 Å². The van der Waals surface area contributed by atoms with Crippen LogP contribution in [0, 0.1) is 0 Å². The maximum absolute atomic E-state index is 13.1. The fourth-order valence-electron chi connectivity index (χ4n) is 4.23. The van der Waals surface area contributed by atoms with Gasteiger partial charge in [0.05, 0.1) is 11.7 Å². The van der Waals surface area contributed by atoms with Gasteiger partial charge in [-0.25, -0.2) is 0 Å². The zero-order valence-electron chi connectivity index (χ0n) is 22.0. The maximum atomic E-state index is 13.1. The molecule has 0 amide bonds. The number of rotatable bonds is 12. The number of fused-ring (bicyclic) bond motifs is 1. The number of allylic oxidation sites excluding steroid dienone is 2. The van der Waals surface area contributed by atoms with Crippen molar-refractivity contribution in [2.45, 2.75) is 51.7 Å². The number of methoxy groups -OCH3 is 2. The van der Waals surface area contributed by atoms with Crippen LogP contribution < -0.4 is 14.9 Å². The van der Waals surface area contributed by atoms with Crippen molar-refractivity contribution in [1.82, 2.24) is 0 Å². The van der Waals surface area contributed by atoms with E-state index >= 15 is 0 Å². The number of hydrogen-bond donors (Lipinski definition) is 1. The van der Waals surface area contributed by atoms with Gasteiger partial charge in [0.15, 0.2) is 19.0 Å². The second-order valence-electron chi connectivity index (χ2n) is 9.68. The zero-order valence-corrected chi connectivity index (χ0v) is 22.0. The molecule has 0 bridgehead atoms. The Morgan fingerprint density at radius 2 is 1.76 bits per heavy atom. The summed E-state index contributed by atoms with van der Waals surface area (Å²) in [5.41, 5.74) is 2.21. The summed E-state index contributed by atoms with van der Waals surface area (Å²) in [5.74, 6) is 1.23. The van der Waals surface area contributed by atoms with Gasteiger partial charge in [-0.3, -0.25) is 4.79 Å². The van der Waals surface area contributed by atoms with Crippen LogP contribution in [0.1, 0.15) is 39.2 Å². The average Bonchev–Trinajstić information content (AvgIpc) is 3.50. The lowest BCUT2D eigenvalue weighted by atomic mass is 10.00. The summed E-state index contributed by atoms with van der Waals surface area (Å²) in [7, 11) is 3.07. The van der Waals surface area contributed by atoms with Crippen molar-refractivity contribution in [1.29, 1.82) is 0 Å². The Kier molecular flexibility index (Phi) is 8.22. The second-order valence-corrected chi connectivity index (χ2v) is 9.68. The van der Waals surface area contributed by atoms with Crippen LogP contribution in [-0.4, -0.2) is 44.6 Å². The largest absolute Gasteiger partial charge is 0.507 e. The fraction of sp³-hybridized carbons (Fsp3) is 0.414. The first-order valence-corrected chi connectivity index (χ1v) is 12.2. The molecule has 1 atom stereocenters. The van der Waals surface area contributed by atoms with E-state index in [1.54, 1.807) is 37.4 Å². The predicted molar refractivity (Wildman–Crippen MR) is 140 cm³/mol. The van der Waals surface area contributed by atoms with Crippen molar-refractivity contribution in [3.63, 3.8) is 0 Å². The smallest absolute Gasteiger partial charge is 0.197 e. The zero-order chi connectivity index (χ0) is 26.6. The third kappa shape index (κ3) is 6.33. The highest BCUT2D eigenvalue weighted by Crippen LogP contribution is 2.40. The lowest BCUT2D eigenvalue weighted by molar-refractivity contribution is 0.0504. The van der Waals surface area contributed by atoms with Crippen LogP contribution in [0.25, 0.3) is 22.3 Å². The first-order chi connectivity index (χ1) is 17.7. The topological polar surface area (TPSA) is 99.9 Å². The summed E-state index contributed by atoms with van der Waals surface area (Å²) >= 11 is 0. The van der Waals surface area contributed by atoms with E-state index in [9.17, 15) is 9.90 Å². The lowest BCUT2D eigenvalue weighted by Gasteiger charge is -2.14. The van der Waals surface area contributed by atoms with Crippen LogP contribution in [-0.2, 0) is 20.6 Å². The predicted octanol–water partition coefficient (Wildman–Crippen LogP) is 5.58. The average molecular weight is 511 g/mol. The van der Waals surface area contributed by atoms with Crippen LogP contribution in [0.5, 0.6) is 17.2 Å². The summed E-state index contributed by atoms with van der Waals surface area (Å²) in [6.07, 6.45) is 4.54. The molecule has 0 unspecified atom stereocenters. The number of hydrogen-bond acceptors (Lipinski definition) is 8. The number of epoxide rings is 1. The molecule has 4 rings (SSSR count). The van der Waals surface area contributed by atoms with Gasteiger partial charge in [-0.05, 0) is 64.3 Å². The molecule has 0 radical (unpaired) electrons. The van der Waals surface area contributed by atoms with Crippen molar-refractivity contribution in [2.24, 2.45) is 0 Å². The SMILES string of the molecule is COCOc1ccc(-c2cc(=O)c3c(O)c(C/C=C(\C)CC[C@H]4OC4(C)C)c(OCOC)cc3o2)cc1. The highest BCUT2D eigenvalue weighted by Gasteiger charge is 2.46. The van der Waals surface area contributed by atoms with Crippen molar-refractivity contribution in [3.05, 3.63) is 63.8 Å². The quantitative estimate of drug-likeness (QED) is 0.192. The summed E-state index contributed by atoms with van der Waals surface area (Å²) in [4.78, 5) is 13.1. The number of benzene rings is 2. The minimum absolute atomic E-state index is 0.0123. The minimum atomic E-state index is -0.346. The maximum Gasteiger partial charge on any atom is 0.197 e. The molecular weight excluding hydrogens is 476 g/mol. The highest BCUT2D eigenvalue weighted by molar-refractivity contribution is 5.88. The third-order valence-corrected chi connectivity index (χ3v) is 6.49. The fourth-order valence-corrected chi connectivity index (χ4v) is 4.23. The van der Waals surface area contributed by atoms with Crippen molar-refractivity contribution in [2.75, 3.05) is 27.8 Å². The molecule has 1 aliphatic heterocycles. The molecule has 8 nitrogen and oxygen atoms in total. The van der Waals surface area contributed by atoms with Gasteiger partial charge in [-0.1, -0.05) is 11.6 Å². The third-order valence-electron chi connectivity index (χ3n) is 6.49. The Morgan fingerprint density at radius 1 is 1.08 bits per heavy atom. The van der Waals surface area contributed by atoms with Crippen LogP contribution in [0.3, 0.4) is 0 Å². The van der Waals surface area contributed by atoms with Crippen molar-refractivity contribution >= 4 is 11.0 Å². The standard InChI is InChI=1S/C29H34O8/c1-18(7-13-26-29(2,3)37-26)6-12-21-24(35-17-33-5)15-25-27(28(21)31)22(30)14-23(36-25)19-8-10-20(11-9-19)34-16-32-4/h6,8-11,14-15,26,31H,7,12-13,16-17H2,1-5H3/b18-6+/t26-/m1/s1. The van der Waals surface area contributed by atoms with E-state index < -0.39 is 0 Å². The molecule has 0 aliphatic carbocycles. The van der Waals surface area contributed by atoms with Crippen LogP contribution >= 0.6 is 0 Å². The second kappa shape index (κ2) is 11.4. The number of ether oxygens (including phenoxy) is 5. The van der Waals surface area contributed by atoms with E-state index in [1.807, 2.05) is 6.08 Å². The summed E-state index contributed by atoms with van der Waals surface area (Å²) in [6.45, 7) is 6.36. The Morgan fingerprint density at radius 3 is 2.41 bits per heavy atom. The van der Waals surface area contributed by atoms with E-state index in [0.29, 0.717) is 34.8 Å². The molecular formula is C29H34O8. The van der Waals surface area contributed by atoms with Gasteiger partial charge in [0.1, 0.15) is 34.0 Å². The molecule has 1 fully saturated rings.